The number of guanidine groups is 1. The number of aliphatic imine (C=N–C) groups is 1. The van der Waals surface area contributed by atoms with Gasteiger partial charge in [0.25, 0.3) is 0 Å². The zero-order valence-corrected chi connectivity index (χ0v) is 9.21. The van der Waals surface area contributed by atoms with Gasteiger partial charge in [-0.1, -0.05) is 0 Å². The predicted octanol–water partition coefficient (Wildman–Crippen LogP) is 0.162. The molecule has 0 radical (unpaired) electrons. The summed E-state index contributed by atoms with van der Waals surface area (Å²) in [5, 5.41) is 7.02. The SMILES string of the molecule is C1CN(C2CC2)C(NC2CCNCC2)=N1. The van der Waals surface area contributed by atoms with Crippen LogP contribution in [0.25, 0.3) is 0 Å². The zero-order chi connectivity index (χ0) is 10.1. The van der Waals surface area contributed by atoms with E-state index in [9.17, 15) is 0 Å². The topological polar surface area (TPSA) is 39.7 Å². The van der Waals surface area contributed by atoms with Crippen molar-refractivity contribution in [3.8, 4) is 0 Å². The van der Waals surface area contributed by atoms with Gasteiger partial charge in [0.05, 0.1) is 6.54 Å². The van der Waals surface area contributed by atoms with Gasteiger partial charge >= 0.3 is 0 Å². The van der Waals surface area contributed by atoms with E-state index < -0.39 is 0 Å². The second-order valence-corrected chi connectivity index (χ2v) is 4.80. The fourth-order valence-electron chi connectivity index (χ4n) is 2.48. The molecule has 1 saturated carbocycles. The quantitative estimate of drug-likeness (QED) is 0.679. The normalized spacial score (nSPS) is 28.0. The molecule has 4 nitrogen and oxygen atoms in total. The maximum atomic E-state index is 4.58. The van der Waals surface area contributed by atoms with Gasteiger partial charge in [0, 0.05) is 18.6 Å². The van der Waals surface area contributed by atoms with E-state index >= 15 is 0 Å². The Bertz CT molecular complexity index is 253. The van der Waals surface area contributed by atoms with Gasteiger partial charge in [-0.05, 0) is 38.8 Å². The van der Waals surface area contributed by atoms with E-state index in [2.05, 4.69) is 20.5 Å². The maximum absolute atomic E-state index is 4.58. The predicted molar refractivity (Wildman–Crippen MR) is 61.1 cm³/mol. The highest BCUT2D eigenvalue weighted by atomic mass is 15.4. The maximum Gasteiger partial charge on any atom is 0.194 e. The van der Waals surface area contributed by atoms with Crippen LogP contribution in [0.5, 0.6) is 0 Å². The highest BCUT2D eigenvalue weighted by Gasteiger charge is 2.34. The molecule has 15 heavy (non-hydrogen) atoms. The summed E-state index contributed by atoms with van der Waals surface area (Å²) < 4.78 is 0. The summed E-state index contributed by atoms with van der Waals surface area (Å²) in [7, 11) is 0. The smallest absolute Gasteiger partial charge is 0.194 e. The van der Waals surface area contributed by atoms with E-state index in [-0.39, 0.29) is 0 Å². The van der Waals surface area contributed by atoms with Crippen molar-refractivity contribution in [2.45, 2.75) is 37.8 Å². The lowest BCUT2D eigenvalue weighted by molar-refractivity contribution is 0.388. The minimum absolute atomic E-state index is 0.643. The molecule has 2 heterocycles. The van der Waals surface area contributed by atoms with Gasteiger partial charge in [-0.15, -0.1) is 0 Å². The van der Waals surface area contributed by atoms with Crippen molar-refractivity contribution in [3.63, 3.8) is 0 Å². The molecule has 0 amide bonds. The summed E-state index contributed by atoms with van der Waals surface area (Å²) in [5.41, 5.74) is 0. The van der Waals surface area contributed by atoms with Gasteiger partial charge in [0.1, 0.15) is 0 Å². The summed E-state index contributed by atoms with van der Waals surface area (Å²) >= 11 is 0. The van der Waals surface area contributed by atoms with Gasteiger partial charge in [-0.3, -0.25) is 4.99 Å². The second-order valence-electron chi connectivity index (χ2n) is 4.80. The Morgan fingerprint density at radius 3 is 2.73 bits per heavy atom. The fourth-order valence-corrected chi connectivity index (χ4v) is 2.48. The van der Waals surface area contributed by atoms with Crippen LogP contribution in [0.15, 0.2) is 4.99 Å². The highest BCUT2D eigenvalue weighted by Crippen LogP contribution is 2.28. The van der Waals surface area contributed by atoms with Crippen molar-refractivity contribution >= 4 is 5.96 Å². The second kappa shape index (κ2) is 4.00. The molecule has 0 spiro atoms. The minimum atomic E-state index is 0.643. The van der Waals surface area contributed by atoms with Crippen LogP contribution in [-0.2, 0) is 0 Å². The third kappa shape index (κ3) is 2.09. The molecule has 0 bridgehead atoms. The molecule has 0 aromatic rings. The zero-order valence-electron chi connectivity index (χ0n) is 9.21. The third-order valence-corrected chi connectivity index (χ3v) is 3.53. The van der Waals surface area contributed by atoms with E-state index in [1.54, 1.807) is 0 Å². The Labute approximate surface area is 91.1 Å². The summed E-state index contributed by atoms with van der Waals surface area (Å²) in [5.74, 6) is 1.18. The number of hydrogen-bond acceptors (Lipinski definition) is 4. The highest BCUT2D eigenvalue weighted by molar-refractivity contribution is 5.82. The standard InChI is InChI=1S/C11H20N4/c1-2-10(1)15-8-7-13-11(15)14-9-3-5-12-6-4-9/h9-10,12H,1-8H2,(H,13,14). The molecule has 0 aromatic heterocycles. The molecule has 84 valence electrons. The van der Waals surface area contributed by atoms with Gasteiger partial charge < -0.3 is 15.5 Å². The van der Waals surface area contributed by atoms with Crippen LogP contribution in [0.1, 0.15) is 25.7 Å². The molecular formula is C11H20N4. The van der Waals surface area contributed by atoms with Crippen molar-refractivity contribution in [1.82, 2.24) is 15.5 Å². The van der Waals surface area contributed by atoms with E-state index in [1.807, 2.05) is 0 Å². The molecule has 3 aliphatic rings. The molecule has 0 aromatic carbocycles. The van der Waals surface area contributed by atoms with Crippen LogP contribution in [-0.4, -0.2) is 49.1 Å². The fraction of sp³-hybridized carbons (Fsp3) is 0.909. The molecule has 1 aliphatic carbocycles. The van der Waals surface area contributed by atoms with Crippen LogP contribution < -0.4 is 10.6 Å². The average Bonchev–Trinajstić information content (AvgIpc) is 3.02. The summed E-state index contributed by atoms with van der Waals surface area (Å²) in [4.78, 5) is 7.06. The Balaban J connectivity index is 1.56. The first-order chi connectivity index (χ1) is 7.43. The van der Waals surface area contributed by atoms with Crippen molar-refractivity contribution < 1.29 is 0 Å². The molecule has 0 atom stereocenters. The molecule has 3 rings (SSSR count). The first kappa shape index (κ1) is 9.46. The van der Waals surface area contributed by atoms with Gasteiger partial charge in [0.15, 0.2) is 5.96 Å². The van der Waals surface area contributed by atoms with Crippen LogP contribution >= 0.6 is 0 Å². The number of hydrogen-bond donors (Lipinski definition) is 2. The summed E-state index contributed by atoms with van der Waals surface area (Å²) in [6, 6.07) is 1.45. The molecule has 2 fully saturated rings. The van der Waals surface area contributed by atoms with E-state index in [1.165, 1.54) is 31.6 Å². The largest absolute Gasteiger partial charge is 0.353 e. The summed E-state index contributed by atoms with van der Waals surface area (Å²) in [6.07, 6.45) is 5.20. The molecule has 2 N–H and O–H groups in total. The van der Waals surface area contributed by atoms with Crippen molar-refractivity contribution in [3.05, 3.63) is 0 Å². The van der Waals surface area contributed by atoms with Gasteiger partial charge in [-0.2, -0.15) is 0 Å². The van der Waals surface area contributed by atoms with E-state index in [0.29, 0.717) is 6.04 Å². The Hall–Kier alpha value is -0.770. The van der Waals surface area contributed by atoms with Gasteiger partial charge in [-0.25, -0.2) is 0 Å². The van der Waals surface area contributed by atoms with Crippen LogP contribution in [0.2, 0.25) is 0 Å². The number of nitrogens with zero attached hydrogens (tertiary/aromatic N) is 2. The average molecular weight is 208 g/mol. The lowest BCUT2D eigenvalue weighted by atomic mass is 10.1. The van der Waals surface area contributed by atoms with Crippen molar-refractivity contribution in [2.75, 3.05) is 26.2 Å². The Morgan fingerprint density at radius 1 is 1.20 bits per heavy atom. The molecule has 0 unspecified atom stereocenters. The van der Waals surface area contributed by atoms with Crippen LogP contribution in [0, 0.1) is 0 Å². The molecule has 4 heteroatoms. The third-order valence-electron chi connectivity index (χ3n) is 3.53. The van der Waals surface area contributed by atoms with E-state index in [0.717, 1.165) is 32.2 Å². The number of rotatable bonds is 2. The first-order valence-corrected chi connectivity index (χ1v) is 6.22. The molecular weight excluding hydrogens is 188 g/mol. The number of nitrogens with one attached hydrogen (secondary N) is 2. The summed E-state index contributed by atoms with van der Waals surface area (Å²) in [6.45, 7) is 4.42. The lowest BCUT2D eigenvalue weighted by Gasteiger charge is -2.28. The Kier molecular flexibility index (Phi) is 2.52. The first-order valence-electron chi connectivity index (χ1n) is 6.22. The van der Waals surface area contributed by atoms with Crippen molar-refractivity contribution in [2.24, 2.45) is 4.99 Å². The molecule has 2 aliphatic heterocycles. The number of piperidine rings is 1. The van der Waals surface area contributed by atoms with E-state index in [4.69, 9.17) is 0 Å². The monoisotopic (exact) mass is 208 g/mol. The minimum Gasteiger partial charge on any atom is -0.353 e. The Morgan fingerprint density at radius 2 is 2.00 bits per heavy atom. The van der Waals surface area contributed by atoms with Crippen LogP contribution in [0.4, 0.5) is 0 Å². The molecule has 1 saturated heterocycles. The lowest BCUT2D eigenvalue weighted by Crippen LogP contribution is -2.48. The van der Waals surface area contributed by atoms with Crippen molar-refractivity contribution in [1.29, 1.82) is 0 Å². The van der Waals surface area contributed by atoms with Gasteiger partial charge in [0.2, 0.25) is 0 Å². The van der Waals surface area contributed by atoms with Crippen LogP contribution in [0.3, 0.4) is 0 Å².